The lowest BCUT2D eigenvalue weighted by atomic mass is 10.3. The molecule has 0 N–H and O–H groups in total. The van der Waals surface area contributed by atoms with Crippen molar-refractivity contribution >= 4 is 5.97 Å². The number of carbonyl (C=O) groups excluding carboxylic acids is 1. The zero-order chi connectivity index (χ0) is 9.35. The third kappa shape index (κ3) is 1.88. The topological polar surface area (TPSA) is 26.3 Å². The van der Waals surface area contributed by atoms with Crippen molar-refractivity contribution in [2.45, 2.75) is 19.8 Å². The van der Waals surface area contributed by atoms with E-state index < -0.39 is 24.2 Å². The molecule has 0 heterocycles. The van der Waals surface area contributed by atoms with Crippen LogP contribution in [0.4, 0.5) is 8.78 Å². The Morgan fingerprint density at radius 3 is 2.91 bits per heavy atom. The van der Waals surface area contributed by atoms with E-state index in [1.807, 2.05) is 0 Å². The molecule has 2 unspecified atom stereocenters. The quantitative estimate of drug-likeness (QED) is 0.591. The second-order valence-corrected chi connectivity index (χ2v) is 2.39. The molecule has 0 amide bonds. The van der Waals surface area contributed by atoms with E-state index in [1.54, 1.807) is 6.92 Å². The van der Waals surface area contributed by atoms with E-state index in [2.05, 4.69) is 4.74 Å². The molecule has 1 aliphatic rings. The fraction of sp³-hybridized carbons (Fsp3) is 0.857. The fourth-order valence-corrected chi connectivity index (χ4v) is 0.878. The van der Waals surface area contributed by atoms with E-state index in [-0.39, 0.29) is 13.0 Å². The van der Waals surface area contributed by atoms with Gasteiger partial charge in [-0.15, -0.1) is 0 Å². The molecule has 0 aliphatic heterocycles. The Morgan fingerprint density at radius 2 is 2.55 bits per heavy atom. The first-order valence-electron chi connectivity index (χ1n) is 3.97. The van der Waals surface area contributed by atoms with Gasteiger partial charge in [0.1, 0.15) is 0 Å². The first kappa shape index (κ1) is 7.00. The highest BCUT2D eigenvalue weighted by Crippen LogP contribution is 2.43. The minimum Gasteiger partial charge on any atom is -0.466 e. The number of alkyl halides is 2. The second kappa shape index (κ2) is 3.15. The van der Waals surface area contributed by atoms with Crippen LogP contribution in [0.2, 0.25) is 0 Å². The van der Waals surface area contributed by atoms with Gasteiger partial charge < -0.3 is 4.74 Å². The smallest absolute Gasteiger partial charge is 0.309 e. The standard InChI is InChI=1S/C7H10F2O2/c1-2-11-7(10)5-3-4(5)6(8)9/h4-6H,2-3H2,1H3/i5D. The summed E-state index contributed by atoms with van der Waals surface area (Å²) in [5.41, 5.74) is 0. The van der Waals surface area contributed by atoms with Gasteiger partial charge in [-0.05, 0) is 13.3 Å². The maximum absolute atomic E-state index is 12.0. The molecule has 0 bridgehead atoms. The van der Waals surface area contributed by atoms with Crippen LogP contribution in [0.3, 0.4) is 0 Å². The first-order valence-corrected chi connectivity index (χ1v) is 3.47. The zero-order valence-electron chi connectivity index (χ0n) is 7.14. The third-order valence-corrected chi connectivity index (χ3v) is 1.57. The van der Waals surface area contributed by atoms with Gasteiger partial charge >= 0.3 is 5.97 Å². The fourth-order valence-electron chi connectivity index (χ4n) is 0.878. The van der Waals surface area contributed by atoms with Gasteiger partial charge in [-0.3, -0.25) is 4.79 Å². The minimum absolute atomic E-state index is 0.0799. The predicted octanol–water partition coefficient (Wildman–Crippen LogP) is 1.45. The number of carbonyl (C=O) groups is 1. The lowest BCUT2D eigenvalue weighted by Crippen LogP contribution is -2.09. The number of halogens is 2. The minimum atomic E-state index is -2.59. The maximum Gasteiger partial charge on any atom is 0.309 e. The van der Waals surface area contributed by atoms with Gasteiger partial charge in [0.05, 0.1) is 12.5 Å². The molecular weight excluding hydrogens is 154 g/mol. The van der Waals surface area contributed by atoms with E-state index >= 15 is 0 Å². The van der Waals surface area contributed by atoms with E-state index in [1.165, 1.54) is 0 Å². The predicted molar refractivity (Wildman–Crippen MR) is 34.2 cm³/mol. The van der Waals surface area contributed by atoms with Gasteiger partial charge in [0.15, 0.2) is 0 Å². The summed E-state index contributed by atoms with van der Waals surface area (Å²) in [5, 5.41) is 0. The van der Waals surface area contributed by atoms with E-state index in [0.29, 0.717) is 0 Å². The van der Waals surface area contributed by atoms with Crippen molar-refractivity contribution in [3.63, 3.8) is 0 Å². The lowest BCUT2D eigenvalue weighted by molar-refractivity contribution is -0.145. The lowest BCUT2D eigenvalue weighted by Gasteiger charge is -1.99. The molecule has 4 heteroatoms. The number of hydrogen-bond acceptors (Lipinski definition) is 2. The molecule has 0 aromatic carbocycles. The van der Waals surface area contributed by atoms with Gasteiger partial charge in [0, 0.05) is 7.29 Å². The first-order chi connectivity index (χ1) is 5.52. The van der Waals surface area contributed by atoms with Gasteiger partial charge in [0.2, 0.25) is 6.43 Å². The number of hydrogen-bond donors (Lipinski definition) is 0. The summed E-state index contributed by atoms with van der Waals surface area (Å²) < 4.78 is 35.8. The molecule has 1 aliphatic carbocycles. The van der Waals surface area contributed by atoms with Crippen LogP contribution in [-0.4, -0.2) is 19.0 Å². The Balaban J connectivity index is 2.49. The van der Waals surface area contributed by atoms with Crippen molar-refractivity contribution in [3.05, 3.63) is 0 Å². The number of esters is 1. The maximum atomic E-state index is 12.0. The molecule has 1 saturated carbocycles. The van der Waals surface area contributed by atoms with Crippen molar-refractivity contribution in [2.24, 2.45) is 11.8 Å². The summed E-state index contributed by atoms with van der Waals surface area (Å²) in [6, 6.07) is 0. The number of ether oxygens (including phenoxy) is 1. The highest BCUT2D eigenvalue weighted by atomic mass is 19.3. The van der Waals surface area contributed by atoms with Crippen molar-refractivity contribution in [1.29, 1.82) is 0 Å². The van der Waals surface area contributed by atoms with E-state index in [4.69, 9.17) is 1.37 Å². The number of rotatable bonds is 3. The summed E-state index contributed by atoms with van der Waals surface area (Å²) in [7, 11) is 0. The molecule has 2 atom stereocenters. The monoisotopic (exact) mass is 165 g/mol. The van der Waals surface area contributed by atoms with E-state index in [0.717, 1.165) is 0 Å². The van der Waals surface area contributed by atoms with Crippen LogP contribution in [0.15, 0.2) is 0 Å². The van der Waals surface area contributed by atoms with Crippen LogP contribution in [0.5, 0.6) is 0 Å². The average Bonchev–Trinajstić information content (AvgIpc) is 2.65. The Labute approximate surface area is 64.9 Å². The molecule has 1 fully saturated rings. The van der Waals surface area contributed by atoms with Gasteiger partial charge in [0.25, 0.3) is 0 Å². The Bertz CT molecular complexity index is 198. The molecule has 0 aromatic rings. The Morgan fingerprint density at radius 1 is 1.91 bits per heavy atom. The summed E-state index contributed by atoms with van der Waals surface area (Å²) in [5.74, 6) is -3.61. The van der Waals surface area contributed by atoms with Crippen LogP contribution in [0, 0.1) is 11.8 Å². The van der Waals surface area contributed by atoms with Crippen molar-refractivity contribution in [3.8, 4) is 0 Å². The van der Waals surface area contributed by atoms with Crippen LogP contribution in [0.25, 0.3) is 0 Å². The summed E-state index contributed by atoms with van der Waals surface area (Å²) >= 11 is 0. The van der Waals surface area contributed by atoms with Crippen molar-refractivity contribution in [2.75, 3.05) is 6.61 Å². The van der Waals surface area contributed by atoms with Crippen LogP contribution in [0.1, 0.15) is 14.7 Å². The molecule has 64 valence electrons. The van der Waals surface area contributed by atoms with Gasteiger partial charge in [-0.2, -0.15) is 0 Å². The zero-order valence-corrected chi connectivity index (χ0v) is 6.14. The third-order valence-electron chi connectivity index (χ3n) is 1.57. The largest absolute Gasteiger partial charge is 0.466 e. The van der Waals surface area contributed by atoms with Crippen molar-refractivity contribution < 1.29 is 19.7 Å². The van der Waals surface area contributed by atoms with Crippen LogP contribution < -0.4 is 0 Å². The molecule has 2 nitrogen and oxygen atoms in total. The average molecular weight is 165 g/mol. The van der Waals surface area contributed by atoms with Crippen LogP contribution in [-0.2, 0) is 9.53 Å². The molecule has 0 saturated heterocycles. The molecular formula is C7H10F2O2. The Kier molecular flexibility index (Phi) is 2.01. The van der Waals surface area contributed by atoms with Crippen LogP contribution >= 0.6 is 0 Å². The highest BCUT2D eigenvalue weighted by Gasteiger charge is 2.49. The summed E-state index contributed by atoms with van der Waals surface area (Å²) in [6.45, 7) is 1.72. The SMILES string of the molecule is [2H]C1(C(=O)OCC)CC1C(F)F. The van der Waals surface area contributed by atoms with Gasteiger partial charge in [-0.1, -0.05) is 0 Å². The normalized spacial score (nSPS) is 36.7. The highest BCUT2D eigenvalue weighted by molar-refractivity contribution is 5.75. The van der Waals surface area contributed by atoms with E-state index in [9.17, 15) is 13.6 Å². The second-order valence-electron chi connectivity index (χ2n) is 2.39. The van der Waals surface area contributed by atoms with Crippen molar-refractivity contribution in [1.82, 2.24) is 0 Å². The Hall–Kier alpha value is -0.670. The van der Waals surface area contributed by atoms with Gasteiger partial charge in [-0.25, -0.2) is 8.78 Å². The summed E-state index contributed by atoms with van der Waals surface area (Å²) in [6.07, 6.45) is -2.67. The molecule has 0 aromatic heterocycles. The summed E-state index contributed by atoms with van der Waals surface area (Å²) in [4.78, 5) is 10.9. The molecule has 0 spiro atoms. The molecule has 0 radical (unpaired) electrons. The molecule has 11 heavy (non-hydrogen) atoms. The molecule has 1 rings (SSSR count).